The van der Waals surface area contributed by atoms with Crippen molar-refractivity contribution in [3.63, 3.8) is 0 Å². The van der Waals surface area contributed by atoms with Gasteiger partial charge in [-0.1, -0.05) is 37.3 Å². The van der Waals surface area contributed by atoms with Crippen molar-refractivity contribution >= 4 is 11.9 Å². The SMILES string of the molecule is CCN(CC(=O)O)CC(=O)N(C)Cc1ccccc1. The van der Waals surface area contributed by atoms with E-state index in [1.807, 2.05) is 37.3 Å². The van der Waals surface area contributed by atoms with Gasteiger partial charge in [-0.05, 0) is 12.1 Å². The lowest BCUT2D eigenvalue weighted by molar-refractivity contribution is -0.139. The predicted molar refractivity (Wildman–Crippen MR) is 72.7 cm³/mol. The maximum Gasteiger partial charge on any atom is 0.317 e. The van der Waals surface area contributed by atoms with E-state index in [1.54, 1.807) is 16.8 Å². The lowest BCUT2D eigenvalue weighted by Crippen LogP contribution is -2.40. The molecule has 0 saturated heterocycles. The van der Waals surface area contributed by atoms with Crippen molar-refractivity contribution in [1.29, 1.82) is 0 Å². The Labute approximate surface area is 113 Å². The van der Waals surface area contributed by atoms with Crippen LogP contribution in [0.4, 0.5) is 0 Å². The lowest BCUT2D eigenvalue weighted by atomic mass is 10.2. The van der Waals surface area contributed by atoms with Gasteiger partial charge in [-0.15, -0.1) is 0 Å². The van der Waals surface area contributed by atoms with Gasteiger partial charge in [0.15, 0.2) is 0 Å². The molecule has 1 amide bonds. The minimum absolute atomic E-state index is 0.0769. The second-order valence-corrected chi connectivity index (χ2v) is 4.43. The summed E-state index contributed by atoms with van der Waals surface area (Å²) < 4.78 is 0. The van der Waals surface area contributed by atoms with E-state index in [2.05, 4.69) is 0 Å². The molecule has 1 aromatic carbocycles. The van der Waals surface area contributed by atoms with Crippen molar-refractivity contribution in [2.24, 2.45) is 0 Å². The molecule has 0 aliphatic heterocycles. The highest BCUT2D eigenvalue weighted by Gasteiger charge is 2.15. The number of carbonyl (C=O) groups excluding carboxylic acids is 1. The van der Waals surface area contributed by atoms with E-state index in [0.717, 1.165) is 5.56 Å². The maximum atomic E-state index is 12.0. The Morgan fingerprint density at radius 1 is 1.16 bits per heavy atom. The standard InChI is InChI=1S/C14H20N2O3/c1-3-16(11-14(18)19)10-13(17)15(2)9-12-7-5-4-6-8-12/h4-8H,3,9-11H2,1-2H3,(H,18,19). The normalized spacial score (nSPS) is 10.5. The summed E-state index contributed by atoms with van der Waals surface area (Å²) in [5.74, 6) is -0.993. The quantitative estimate of drug-likeness (QED) is 0.799. The smallest absolute Gasteiger partial charge is 0.317 e. The molecule has 19 heavy (non-hydrogen) atoms. The van der Waals surface area contributed by atoms with Crippen molar-refractivity contribution in [2.75, 3.05) is 26.7 Å². The van der Waals surface area contributed by atoms with Crippen LogP contribution in [0.15, 0.2) is 30.3 Å². The molecule has 0 aliphatic rings. The van der Waals surface area contributed by atoms with Crippen LogP contribution in [0.3, 0.4) is 0 Å². The third-order valence-electron chi connectivity index (χ3n) is 2.85. The van der Waals surface area contributed by atoms with Gasteiger partial charge < -0.3 is 10.0 Å². The zero-order valence-corrected chi connectivity index (χ0v) is 11.4. The van der Waals surface area contributed by atoms with E-state index < -0.39 is 5.97 Å². The predicted octanol–water partition coefficient (Wildman–Crippen LogP) is 1.05. The average Bonchev–Trinajstić information content (AvgIpc) is 2.38. The number of carbonyl (C=O) groups is 2. The molecule has 0 bridgehead atoms. The summed E-state index contributed by atoms with van der Waals surface area (Å²) in [5.41, 5.74) is 1.06. The molecule has 1 N–H and O–H groups in total. The monoisotopic (exact) mass is 264 g/mol. The first-order valence-electron chi connectivity index (χ1n) is 6.25. The molecular formula is C14H20N2O3. The topological polar surface area (TPSA) is 60.9 Å². The molecule has 5 heteroatoms. The largest absolute Gasteiger partial charge is 0.480 e. The summed E-state index contributed by atoms with van der Waals surface area (Å²) in [7, 11) is 1.73. The number of benzene rings is 1. The van der Waals surface area contributed by atoms with Gasteiger partial charge in [0.1, 0.15) is 0 Å². The zero-order chi connectivity index (χ0) is 14.3. The van der Waals surface area contributed by atoms with Crippen LogP contribution in [0.2, 0.25) is 0 Å². The lowest BCUT2D eigenvalue weighted by Gasteiger charge is -2.22. The number of rotatable bonds is 7. The first-order valence-corrected chi connectivity index (χ1v) is 6.25. The Kier molecular flexibility index (Phi) is 6.02. The van der Waals surface area contributed by atoms with Gasteiger partial charge in [0.25, 0.3) is 0 Å². The zero-order valence-electron chi connectivity index (χ0n) is 11.4. The van der Waals surface area contributed by atoms with Crippen molar-refractivity contribution in [3.8, 4) is 0 Å². The molecular weight excluding hydrogens is 244 g/mol. The first kappa shape index (κ1) is 15.2. The van der Waals surface area contributed by atoms with Gasteiger partial charge in [-0.25, -0.2) is 0 Å². The highest BCUT2D eigenvalue weighted by Crippen LogP contribution is 2.03. The van der Waals surface area contributed by atoms with E-state index >= 15 is 0 Å². The maximum absolute atomic E-state index is 12.0. The molecule has 0 aromatic heterocycles. The summed E-state index contributed by atoms with van der Waals surface area (Å²) in [6.45, 7) is 2.93. The Balaban J connectivity index is 2.50. The second kappa shape index (κ2) is 7.53. The third kappa shape index (κ3) is 5.52. The summed E-state index contributed by atoms with van der Waals surface area (Å²) in [4.78, 5) is 25.8. The highest BCUT2D eigenvalue weighted by molar-refractivity contribution is 5.79. The number of amides is 1. The first-order chi connectivity index (χ1) is 9.02. The summed E-state index contributed by atoms with van der Waals surface area (Å²) >= 11 is 0. The molecule has 0 heterocycles. The number of hydrogen-bond acceptors (Lipinski definition) is 3. The number of carboxylic acids is 1. The fourth-order valence-corrected chi connectivity index (χ4v) is 1.73. The van der Waals surface area contributed by atoms with Crippen molar-refractivity contribution < 1.29 is 14.7 Å². The molecule has 0 aliphatic carbocycles. The van der Waals surface area contributed by atoms with Crippen LogP contribution in [0.1, 0.15) is 12.5 Å². The van der Waals surface area contributed by atoms with Gasteiger partial charge in [0, 0.05) is 13.6 Å². The van der Waals surface area contributed by atoms with Gasteiger partial charge in [0.05, 0.1) is 13.1 Å². The van der Waals surface area contributed by atoms with E-state index in [9.17, 15) is 9.59 Å². The number of hydrogen-bond donors (Lipinski definition) is 1. The van der Waals surface area contributed by atoms with Crippen LogP contribution in [0, 0.1) is 0 Å². The van der Waals surface area contributed by atoms with Gasteiger partial charge in [-0.3, -0.25) is 14.5 Å². The van der Waals surface area contributed by atoms with E-state index in [-0.39, 0.29) is 19.0 Å². The van der Waals surface area contributed by atoms with Gasteiger partial charge in [0.2, 0.25) is 5.91 Å². The molecule has 0 saturated carbocycles. The number of nitrogens with zero attached hydrogens (tertiary/aromatic N) is 2. The highest BCUT2D eigenvalue weighted by atomic mass is 16.4. The minimum Gasteiger partial charge on any atom is -0.480 e. The average molecular weight is 264 g/mol. The van der Waals surface area contributed by atoms with Crippen LogP contribution >= 0.6 is 0 Å². The molecule has 0 fully saturated rings. The molecule has 1 rings (SSSR count). The van der Waals surface area contributed by atoms with Crippen LogP contribution < -0.4 is 0 Å². The molecule has 104 valence electrons. The fraction of sp³-hybridized carbons (Fsp3) is 0.429. The van der Waals surface area contributed by atoms with Crippen LogP contribution in [0.25, 0.3) is 0 Å². The number of aliphatic carboxylic acids is 1. The van der Waals surface area contributed by atoms with Crippen LogP contribution in [-0.2, 0) is 16.1 Å². The van der Waals surface area contributed by atoms with E-state index in [0.29, 0.717) is 13.1 Å². The van der Waals surface area contributed by atoms with E-state index in [4.69, 9.17) is 5.11 Å². The Bertz CT molecular complexity index is 420. The number of likely N-dealkylation sites (N-methyl/N-ethyl adjacent to an activating group) is 2. The molecule has 0 atom stereocenters. The van der Waals surface area contributed by atoms with Crippen LogP contribution in [0.5, 0.6) is 0 Å². The van der Waals surface area contributed by atoms with E-state index in [1.165, 1.54) is 0 Å². The van der Waals surface area contributed by atoms with Gasteiger partial charge >= 0.3 is 5.97 Å². The van der Waals surface area contributed by atoms with Gasteiger partial charge in [-0.2, -0.15) is 0 Å². The molecule has 5 nitrogen and oxygen atoms in total. The second-order valence-electron chi connectivity index (χ2n) is 4.43. The fourth-order valence-electron chi connectivity index (χ4n) is 1.73. The van der Waals surface area contributed by atoms with Crippen LogP contribution in [-0.4, -0.2) is 53.5 Å². The molecule has 0 spiro atoms. The van der Waals surface area contributed by atoms with Crippen molar-refractivity contribution in [2.45, 2.75) is 13.5 Å². The summed E-state index contributed by atoms with van der Waals surface area (Å²) in [5, 5.41) is 8.74. The Morgan fingerprint density at radius 3 is 2.32 bits per heavy atom. The molecule has 0 radical (unpaired) electrons. The van der Waals surface area contributed by atoms with Crippen molar-refractivity contribution in [1.82, 2.24) is 9.80 Å². The summed E-state index contributed by atoms with van der Waals surface area (Å²) in [6, 6.07) is 9.70. The molecule has 0 unspecified atom stereocenters. The Morgan fingerprint density at radius 2 is 1.79 bits per heavy atom. The number of carboxylic acid groups (broad SMARTS) is 1. The van der Waals surface area contributed by atoms with Crippen molar-refractivity contribution in [3.05, 3.63) is 35.9 Å². The minimum atomic E-state index is -0.916. The molecule has 1 aromatic rings. The summed E-state index contributed by atoms with van der Waals surface area (Å²) in [6.07, 6.45) is 0. The Hall–Kier alpha value is -1.88. The third-order valence-corrected chi connectivity index (χ3v) is 2.85.